The highest BCUT2D eigenvalue weighted by Gasteiger charge is 2.50. The lowest BCUT2D eigenvalue weighted by Crippen LogP contribution is -2.45. The molecule has 0 radical (unpaired) electrons. The first kappa shape index (κ1) is 12.2. The molecular weight excluding hydrogens is 212 g/mol. The number of carbonyl (C=O) groups excluding carboxylic acids is 1. The van der Waals surface area contributed by atoms with Crippen LogP contribution in [0, 0.1) is 5.41 Å². The van der Waals surface area contributed by atoms with Crippen molar-refractivity contribution in [2.45, 2.75) is 39.5 Å². The highest BCUT2D eigenvalue weighted by Crippen LogP contribution is 2.53. The summed E-state index contributed by atoms with van der Waals surface area (Å²) in [6, 6.07) is 8.10. The van der Waals surface area contributed by atoms with Gasteiger partial charge in [-0.05, 0) is 25.0 Å². The van der Waals surface area contributed by atoms with Crippen LogP contribution in [0.1, 0.15) is 45.1 Å². The summed E-state index contributed by atoms with van der Waals surface area (Å²) in [6.07, 6.45) is 1.56. The lowest BCUT2D eigenvalue weighted by molar-refractivity contribution is -0.139. The summed E-state index contributed by atoms with van der Waals surface area (Å²) in [5, 5.41) is 0. The topological polar surface area (TPSA) is 26.3 Å². The van der Waals surface area contributed by atoms with Crippen molar-refractivity contribution in [1.82, 2.24) is 0 Å². The maximum absolute atomic E-state index is 11.8. The Labute approximate surface area is 103 Å². The molecule has 1 aliphatic carbocycles. The Morgan fingerprint density at radius 3 is 2.65 bits per heavy atom. The van der Waals surface area contributed by atoms with E-state index in [0.717, 1.165) is 12.2 Å². The minimum atomic E-state index is -0.187. The molecular formula is C15H20O2. The van der Waals surface area contributed by atoms with Gasteiger partial charge in [-0.2, -0.15) is 0 Å². The molecule has 92 valence electrons. The molecule has 1 saturated carbocycles. The molecule has 0 spiro atoms. The maximum Gasteiger partial charge on any atom is 0.140 e. The molecule has 0 N–H and O–H groups in total. The summed E-state index contributed by atoms with van der Waals surface area (Å²) < 4.78 is 5.66. The number of ether oxygens (including phenoxy) is 1. The van der Waals surface area contributed by atoms with E-state index in [2.05, 4.69) is 19.9 Å². The fraction of sp³-hybridized carbons (Fsp3) is 0.533. The third kappa shape index (κ3) is 1.86. The van der Waals surface area contributed by atoms with Crippen molar-refractivity contribution in [3.8, 4) is 5.75 Å². The number of carbonyl (C=O) groups is 1. The molecule has 0 heterocycles. The van der Waals surface area contributed by atoms with Crippen LogP contribution in [0.4, 0.5) is 0 Å². The van der Waals surface area contributed by atoms with Gasteiger partial charge in [0.25, 0.3) is 0 Å². The maximum atomic E-state index is 11.8. The first-order valence-electron chi connectivity index (χ1n) is 6.38. The fourth-order valence-electron chi connectivity index (χ4n) is 2.66. The summed E-state index contributed by atoms with van der Waals surface area (Å²) in [6.45, 7) is 6.82. The van der Waals surface area contributed by atoms with Crippen molar-refractivity contribution in [3.63, 3.8) is 0 Å². The molecule has 17 heavy (non-hydrogen) atoms. The van der Waals surface area contributed by atoms with E-state index in [1.807, 2.05) is 25.1 Å². The molecule has 0 saturated heterocycles. The standard InChI is InChI=1S/C15H20O2/c1-4-15(3)12(10-14(15)16)11-8-6-7-9-13(11)17-5-2/h6-9,12H,4-5,10H2,1-3H3. The second kappa shape index (κ2) is 4.52. The van der Waals surface area contributed by atoms with Crippen LogP contribution in [0.2, 0.25) is 0 Å². The van der Waals surface area contributed by atoms with Crippen molar-refractivity contribution < 1.29 is 9.53 Å². The third-order valence-corrected chi connectivity index (χ3v) is 4.12. The summed E-state index contributed by atoms with van der Waals surface area (Å²) in [4.78, 5) is 11.8. The zero-order valence-electron chi connectivity index (χ0n) is 10.8. The number of benzene rings is 1. The van der Waals surface area contributed by atoms with Gasteiger partial charge in [0.1, 0.15) is 11.5 Å². The van der Waals surface area contributed by atoms with Crippen LogP contribution in [0.5, 0.6) is 5.75 Å². The average molecular weight is 232 g/mol. The first-order chi connectivity index (χ1) is 8.13. The van der Waals surface area contributed by atoms with Gasteiger partial charge >= 0.3 is 0 Å². The highest BCUT2D eigenvalue weighted by molar-refractivity contribution is 5.93. The summed E-state index contributed by atoms with van der Waals surface area (Å²) >= 11 is 0. The summed E-state index contributed by atoms with van der Waals surface area (Å²) in [7, 11) is 0. The van der Waals surface area contributed by atoms with E-state index in [1.54, 1.807) is 0 Å². The van der Waals surface area contributed by atoms with E-state index in [9.17, 15) is 4.79 Å². The van der Waals surface area contributed by atoms with Gasteiger partial charge in [0.2, 0.25) is 0 Å². The second-order valence-corrected chi connectivity index (χ2v) is 4.92. The van der Waals surface area contributed by atoms with Gasteiger partial charge < -0.3 is 4.74 Å². The molecule has 0 aliphatic heterocycles. The van der Waals surface area contributed by atoms with E-state index in [4.69, 9.17) is 4.74 Å². The minimum absolute atomic E-state index is 0.187. The smallest absolute Gasteiger partial charge is 0.140 e. The van der Waals surface area contributed by atoms with Gasteiger partial charge in [0.05, 0.1) is 6.61 Å². The predicted molar refractivity (Wildman–Crippen MR) is 68.4 cm³/mol. The summed E-state index contributed by atoms with van der Waals surface area (Å²) in [5.41, 5.74) is 1.01. The van der Waals surface area contributed by atoms with Gasteiger partial charge in [0.15, 0.2) is 0 Å². The molecule has 1 aromatic rings. The zero-order chi connectivity index (χ0) is 12.5. The van der Waals surface area contributed by atoms with E-state index < -0.39 is 0 Å². The van der Waals surface area contributed by atoms with Gasteiger partial charge in [0, 0.05) is 17.8 Å². The van der Waals surface area contributed by atoms with E-state index >= 15 is 0 Å². The van der Waals surface area contributed by atoms with Crippen molar-refractivity contribution in [2.75, 3.05) is 6.61 Å². The predicted octanol–water partition coefficient (Wildman–Crippen LogP) is 3.56. The van der Waals surface area contributed by atoms with Crippen LogP contribution in [-0.4, -0.2) is 12.4 Å². The SMILES string of the molecule is CCOc1ccccc1C1CC(=O)C1(C)CC. The van der Waals surface area contributed by atoms with E-state index in [0.29, 0.717) is 24.7 Å². The van der Waals surface area contributed by atoms with Gasteiger partial charge in [-0.1, -0.05) is 32.0 Å². The fourth-order valence-corrected chi connectivity index (χ4v) is 2.66. The molecule has 0 bridgehead atoms. The molecule has 0 aromatic heterocycles. The lowest BCUT2D eigenvalue weighted by Gasteiger charge is -2.45. The highest BCUT2D eigenvalue weighted by atomic mass is 16.5. The monoisotopic (exact) mass is 232 g/mol. The average Bonchev–Trinajstić information content (AvgIpc) is 2.36. The Bertz CT molecular complexity index is 425. The zero-order valence-corrected chi connectivity index (χ0v) is 10.8. The molecule has 1 aliphatic rings. The van der Waals surface area contributed by atoms with Gasteiger partial charge in [-0.25, -0.2) is 0 Å². The molecule has 2 heteroatoms. The minimum Gasteiger partial charge on any atom is -0.494 e. The Kier molecular flexibility index (Phi) is 3.23. The van der Waals surface area contributed by atoms with Crippen LogP contribution in [-0.2, 0) is 4.79 Å². The number of rotatable bonds is 4. The molecule has 2 nitrogen and oxygen atoms in total. The largest absolute Gasteiger partial charge is 0.494 e. The van der Waals surface area contributed by atoms with Crippen LogP contribution in [0.25, 0.3) is 0 Å². The number of hydrogen-bond donors (Lipinski definition) is 0. The van der Waals surface area contributed by atoms with Crippen molar-refractivity contribution in [3.05, 3.63) is 29.8 Å². The molecule has 0 amide bonds. The molecule has 1 aromatic carbocycles. The Morgan fingerprint density at radius 1 is 1.35 bits per heavy atom. The Balaban J connectivity index is 2.32. The number of ketones is 1. The molecule has 2 atom stereocenters. The van der Waals surface area contributed by atoms with Crippen LogP contribution in [0.3, 0.4) is 0 Å². The number of hydrogen-bond acceptors (Lipinski definition) is 2. The third-order valence-electron chi connectivity index (χ3n) is 4.12. The van der Waals surface area contributed by atoms with E-state index in [1.165, 1.54) is 5.56 Å². The second-order valence-electron chi connectivity index (χ2n) is 4.92. The number of para-hydroxylation sites is 1. The van der Waals surface area contributed by atoms with Crippen molar-refractivity contribution in [1.29, 1.82) is 0 Å². The number of Topliss-reactive ketones (excluding diaryl/α,β-unsaturated/α-hetero) is 1. The van der Waals surface area contributed by atoms with Crippen LogP contribution >= 0.6 is 0 Å². The molecule has 2 rings (SSSR count). The first-order valence-corrected chi connectivity index (χ1v) is 6.38. The summed E-state index contributed by atoms with van der Waals surface area (Å²) in [5.74, 6) is 1.64. The molecule has 1 fully saturated rings. The van der Waals surface area contributed by atoms with Crippen molar-refractivity contribution >= 4 is 5.78 Å². The van der Waals surface area contributed by atoms with Gasteiger partial charge in [-0.15, -0.1) is 0 Å². The normalized spacial score (nSPS) is 27.7. The van der Waals surface area contributed by atoms with E-state index in [-0.39, 0.29) is 5.41 Å². The van der Waals surface area contributed by atoms with Gasteiger partial charge in [-0.3, -0.25) is 4.79 Å². The quantitative estimate of drug-likeness (QED) is 0.793. The Morgan fingerprint density at radius 2 is 2.06 bits per heavy atom. The molecule has 2 unspecified atom stereocenters. The van der Waals surface area contributed by atoms with Crippen LogP contribution < -0.4 is 4.74 Å². The van der Waals surface area contributed by atoms with Crippen LogP contribution in [0.15, 0.2) is 24.3 Å². The Hall–Kier alpha value is -1.31. The van der Waals surface area contributed by atoms with Crippen molar-refractivity contribution in [2.24, 2.45) is 5.41 Å². The lowest BCUT2D eigenvalue weighted by atomic mass is 9.56.